The Morgan fingerprint density at radius 3 is 2.56 bits per heavy atom. The second-order valence-electron chi connectivity index (χ2n) is 14.7. The van der Waals surface area contributed by atoms with Crippen molar-refractivity contribution in [1.29, 1.82) is 0 Å². The summed E-state index contributed by atoms with van der Waals surface area (Å²) in [5, 5.41) is 8.36. The van der Waals surface area contributed by atoms with Crippen molar-refractivity contribution in [1.82, 2.24) is 44.1 Å². The zero-order chi connectivity index (χ0) is 39.5. The topological polar surface area (TPSA) is 132 Å². The van der Waals surface area contributed by atoms with Crippen LogP contribution in [0.15, 0.2) is 54.7 Å². The van der Waals surface area contributed by atoms with Gasteiger partial charge in [0.15, 0.2) is 11.5 Å². The molecule has 296 valence electrons. The molecule has 7 heterocycles. The number of carbonyl (C=O) groups is 1. The first-order valence-corrected chi connectivity index (χ1v) is 18.7. The third-order valence-corrected chi connectivity index (χ3v) is 10.9. The monoisotopic (exact) mass is 785 g/mol. The van der Waals surface area contributed by atoms with Crippen LogP contribution in [0.5, 0.6) is 6.01 Å². The molecular formula is C39H39F4N11O3. The molecule has 57 heavy (non-hydrogen) atoms. The van der Waals surface area contributed by atoms with Crippen LogP contribution >= 0.6 is 0 Å². The molecule has 14 nitrogen and oxygen atoms in total. The normalized spacial score (nSPS) is 20.5. The van der Waals surface area contributed by atoms with Gasteiger partial charge in [0.25, 0.3) is 0 Å². The Bertz CT molecular complexity index is 2510. The van der Waals surface area contributed by atoms with Crippen LogP contribution in [-0.4, -0.2) is 128 Å². The minimum absolute atomic E-state index is 0.0356. The summed E-state index contributed by atoms with van der Waals surface area (Å²) in [5.74, 6) is -0.753. The van der Waals surface area contributed by atoms with E-state index < -0.39 is 36.3 Å². The molecule has 3 aliphatic rings. The SMILES string of the molecule is CO[C@H]1CN(C)C(=O)[C@@H]2C[C@@H](CN2c2nc(OC3CN(CCF)C3)nc3c2cnn3-c2ccc(F)cc2F)Nc2cccc(n2)-c2cc(F)cc3nc(C)n(c23)C1. The maximum Gasteiger partial charge on any atom is 0.320 e. The van der Waals surface area contributed by atoms with Crippen LogP contribution in [-0.2, 0) is 16.1 Å². The third kappa shape index (κ3) is 6.75. The zero-order valence-corrected chi connectivity index (χ0v) is 31.4. The number of nitrogens with one attached hydrogen (secondary N) is 1. The average Bonchev–Trinajstić information content (AvgIpc) is 3.87. The summed E-state index contributed by atoms with van der Waals surface area (Å²) < 4.78 is 72.6. The van der Waals surface area contributed by atoms with E-state index in [0.29, 0.717) is 71.2 Å². The first kappa shape index (κ1) is 36.7. The summed E-state index contributed by atoms with van der Waals surface area (Å²) in [5.41, 5.74) is 2.44. The summed E-state index contributed by atoms with van der Waals surface area (Å²) in [4.78, 5) is 39.1. The highest BCUT2D eigenvalue weighted by molar-refractivity contribution is 5.94. The molecule has 0 aliphatic carbocycles. The van der Waals surface area contributed by atoms with Crippen LogP contribution in [0.1, 0.15) is 12.2 Å². The lowest BCUT2D eigenvalue weighted by atomic mass is 10.1. The molecule has 3 aliphatic heterocycles. The maximum atomic E-state index is 15.2. The van der Waals surface area contributed by atoms with E-state index in [0.717, 1.165) is 12.1 Å². The smallest absolute Gasteiger partial charge is 0.320 e. The molecule has 2 saturated heterocycles. The fourth-order valence-corrected chi connectivity index (χ4v) is 8.14. The van der Waals surface area contributed by atoms with E-state index in [-0.39, 0.29) is 55.0 Å². The molecule has 4 bridgehead atoms. The molecule has 6 aromatic rings. The van der Waals surface area contributed by atoms with Crippen molar-refractivity contribution in [3.05, 3.63) is 78.0 Å². The number of likely N-dealkylation sites (N-methyl/N-ethyl adjacent to an activating group) is 1. The van der Waals surface area contributed by atoms with E-state index in [2.05, 4.69) is 20.4 Å². The van der Waals surface area contributed by atoms with E-state index in [1.807, 2.05) is 39.5 Å². The van der Waals surface area contributed by atoms with E-state index in [1.165, 1.54) is 29.1 Å². The lowest BCUT2D eigenvalue weighted by Gasteiger charge is -2.37. The van der Waals surface area contributed by atoms with Crippen molar-refractivity contribution in [3.8, 4) is 23.0 Å². The van der Waals surface area contributed by atoms with E-state index in [9.17, 15) is 13.6 Å². The predicted molar refractivity (Wildman–Crippen MR) is 203 cm³/mol. The van der Waals surface area contributed by atoms with Gasteiger partial charge in [0, 0.05) is 70.6 Å². The maximum absolute atomic E-state index is 15.2. The number of imidazole rings is 1. The number of ether oxygens (including phenoxy) is 2. The molecule has 0 saturated carbocycles. The lowest BCUT2D eigenvalue weighted by molar-refractivity contribution is -0.132. The number of halogens is 4. The fraction of sp³-hybridized carbons (Fsp3) is 0.385. The Hall–Kier alpha value is -5.88. The molecule has 18 heteroatoms. The van der Waals surface area contributed by atoms with Gasteiger partial charge >= 0.3 is 6.01 Å². The summed E-state index contributed by atoms with van der Waals surface area (Å²) >= 11 is 0. The molecule has 1 N–H and O–H groups in total. The highest BCUT2D eigenvalue weighted by atomic mass is 19.1. The largest absolute Gasteiger partial charge is 0.457 e. The minimum atomic E-state index is -0.851. The number of likely N-dealkylation sites (tertiary alicyclic amines) is 1. The Morgan fingerprint density at radius 2 is 1.77 bits per heavy atom. The second-order valence-corrected chi connectivity index (χ2v) is 14.7. The number of alkyl halides is 1. The van der Waals surface area contributed by atoms with E-state index >= 15 is 8.78 Å². The number of methoxy groups -OCH3 is 1. The van der Waals surface area contributed by atoms with Crippen molar-refractivity contribution in [2.75, 3.05) is 63.8 Å². The van der Waals surface area contributed by atoms with Gasteiger partial charge in [0.1, 0.15) is 53.6 Å². The number of pyridine rings is 1. The Balaban J connectivity index is 1.14. The lowest BCUT2D eigenvalue weighted by Crippen LogP contribution is -2.54. The van der Waals surface area contributed by atoms with Gasteiger partial charge in [-0.05, 0) is 43.7 Å². The molecule has 2 aromatic carbocycles. The highest BCUT2D eigenvalue weighted by Gasteiger charge is 2.41. The van der Waals surface area contributed by atoms with Crippen LogP contribution in [0.2, 0.25) is 0 Å². The second kappa shape index (κ2) is 14.6. The van der Waals surface area contributed by atoms with E-state index in [4.69, 9.17) is 19.4 Å². The van der Waals surface area contributed by atoms with Crippen molar-refractivity contribution >= 4 is 39.6 Å². The standard InChI is InChI=1S/C39H39F4N11O3/c1-21-45-31-13-23(42)11-27-30-5-4-6-34(47-30)46-24-14-33(38(55)50(2)17-25(56-3)20-52(21)35(27)31)53(16-24)36-28-15-44-54(32-8-7-22(41)12-29(32)43)37(28)49-39(48-36)57-26-18-51(19-26)10-9-40/h4-8,11-13,15,24-26,33H,9-10,14,16-20H2,1-3H3,(H,46,47)/t24-,25-,33-/m0/s1. The summed E-state index contributed by atoms with van der Waals surface area (Å²) in [6.07, 6.45) is 1.01. The number of amides is 1. The number of rotatable bonds is 7. The van der Waals surface area contributed by atoms with Gasteiger partial charge in [-0.3, -0.25) is 9.69 Å². The molecule has 0 unspecified atom stereocenters. The van der Waals surface area contributed by atoms with E-state index in [1.54, 1.807) is 19.1 Å². The number of fused-ring (bicyclic) bond motifs is 6. The van der Waals surface area contributed by atoms with Crippen LogP contribution in [0.3, 0.4) is 0 Å². The number of hydrogen-bond donors (Lipinski definition) is 1. The predicted octanol–water partition coefficient (Wildman–Crippen LogP) is 4.53. The summed E-state index contributed by atoms with van der Waals surface area (Å²) in [6.45, 7) is 3.36. The number of aromatic nitrogens is 7. The molecule has 2 fully saturated rings. The van der Waals surface area contributed by atoms with Crippen molar-refractivity contribution in [3.63, 3.8) is 0 Å². The zero-order valence-electron chi connectivity index (χ0n) is 31.4. The number of benzene rings is 2. The number of hydrogen-bond acceptors (Lipinski definition) is 11. The molecule has 3 atom stereocenters. The van der Waals surface area contributed by atoms with Gasteiger partial charge in [0.2, 0.25) is 5.91 Å². The van der Waals surface area contributed by atoms with Gasteiger partial charge in [-0.25, -0.2) is 32.2 Å². The Morgan fingerprint density at radius 1 is 0.930 bits per heavy atom. The fourth-order valence-electron chi connectivity index (χ4n) is 8.14. The number of anilines is 2. The first-order chi connectivity index (χ1) is 27.6. The van der Waals surface area contributed by atoms with Crippen molar-refractivity contribution in [2.24, 2.45) is 0 Å². The average molecular weight is 786 g/mol. The third-order valence-electron chi connectivity index (χ3n) is 10.9. The summed E-state index contributed by atoms with van der Waals surface area (Å²) in [7, 11) is 3.30. The van der Waals surface area contributed by atoms with Gasteiger partial charge < -0.3 is 29.2 Å². The quantitative estimate of drug-likeness (QED) is 0.229. The molecular weight excluding hydrogens is 746 g/mol. The van der Waals surface area contributed by atoms with Crippen molar-refractivity contribution in [2.45, 2.75) is 44.2 Å². The molecule has 9 rings (SSSR count). The molecule has 4 aromatic heterocycles. The minimum Gasteiger partial charge on any atom is -0.457 e. The molecule has 1 amide bonds. The van der Waals surface area contributed by atoms with Gasteiger partial charge in [-0.2, -0.15) is 15.1 Å². The van der Waals surface area contributed by atoms with Crippen LogP contribution < -0.4 is 15.0 Å². The number of aryl methyl sites for hydroxylation is 1. The summed E-state index contributed by atoms with van der Waals surface area (Å²) in [6, 6.07) is 10.4. The van der Waals surface area contributed by atoms with Crippen LogP contribution in [0.4, 0.5) is 29.2 Å². The van der Waals surface area contributed by atoms with Gasteiger partial charge in [-0.1, -0.05) is 6.07 Å². The van der Waals surface area contributed by atoms with Crippen LogP contribution in [0, 0.1) is 24.4 Å². The highest BCUT2D eigenvalue weighted by Crippen LogP contribution is 2.36. The Kier molecular flexibility index (Phi) is 9.39. The van der Waals surface area contributed by atoms with Gasteiger partial charge in [0.05, 0.1) is 41.0 Å². The number of nitrogens with zero attached hydrogens (tertiary/aromatic N) is 10. The molecule has 0 spiro atoms. The Labute approximate surface area is 324 Å². The molecule has 0 radical (unpaired) electrons. The number of carbonyl (C=O) groups excluding carboxylic acids is 1. The first-order valence-electron chi connectivity index (χ1n) is 18.7. The van der Waals surface area contributed by atoms with Crippen LogP contribution in [0.25, 0.3) is 39.0 Å². The van der Waals surface area contributed by atoms with Crippen molar-refractivity contribution < 1.29 is 31.8 Å². The van der Waals surface area contributed by atoms with Gasteiger partial charge in [-0.15, -0.1) is 0 Å².